The predicted octanol–water partition coefficient (Wildman–Crippen LogP) is 2.62. The lowest BCUT2D eigenvalue weighted by atomic mass is 9.97. The number of hydrogen-bond donors (Lipinski definition) is 1. The average molecular weight is 330 g/mol. The second kappa shape index (κ2) is 6.63. The lowest BCUT2D eigenvalue weighted by molar-refractivity contribution is -0.152. The third-order valence-electron chi connectivity index (χ3n) is 4.47. The summed E-state index contributed by atoms with van der Waals surface area (Å²) in [7, 11) is 0. The van der Waals surface area contributed by atoms with Crippen LogP contribution in [0.5, 0.6) is 0 Å². The Morgan fingerprint density at radius 2 is 2.25 bits per heavy atom. The van der Waals surface area contributed by atoms with Crippen LogP contribution in [0.4, 0.5) is 0 Å². The molecule has 2 unspecified atom stereocenters. The number of aryl methyl sites for hydroxylation is 2. The Hall–Kier alpha value is -2.37. The molecule has 6 nitrogen and oxygen atoms in total. The van der Waals surface area contributed by atoms with Crippen molar-refractivity contribution in [2.24, 2.45) is 0 Å². The maximum Gasteiger partial charge on any atom is 0.303 e. The maximum atomic E-state index is 11.9. The number of fused-ring (bicyclic) bond motifs is 3. The molecule has 2 aromatic rings. The quantitative estimate of drug-likeness (QED) is 0.852. The molecule has 0 fully saturated rings. The monoisotopic (exact) mass is 330 g/mol. The van der Waals surface area contributed by atoms with Crippen molar-refractivity contribution < 1.29 is 18.7 Å². The molecule has 6 heteroatoms. The summed E-state index contributed by atoms with van der Waals surface area (Å²) in [6.07, 6.45) is 2.13. The van der Waals surface area contributed by atoms with Crippen molar-refractivity contribution in [1.29, 1.82) is 0 Å². The summed E-state index contributed by atoms with van der Waals surface area (Å²) in [6.45, 7) is 5.26. The summed E-state index contributed by atoms with van der Waals surface area (Å²) in [5.74, 6) is 0.301. The zero-order valence-electron chi connectivity index (χ0n) is 14.2. The number of esters is 1. The second-order valence-electron chi connectivity index (χ2n) is 6.29. The molecule has 3 rings (SSSR count). The van der Waals surface area contributed by atoms with Gasteiger partial charge in [-0.1, -0.05) is 6.07 Å². The number of oxazole rings is 1. The van der Waals surface area contributed by atoms with Gasteiger partial charge in [-0.3, -0.25) is 9.59 Å². The molecular formula is C18H22N2O4. The van der Waals surface area contributed by atoms with Crippen molar-refractivity contribution in [3.8, 4) is 0 Å². The Morgan fingerprint density at radius 1 is 1.46 bits per heavy atom. The van der Waals surface area contributed by atoms with E-state index in [1.54, 1.807) is 6.92 Å². The van der Waals surface area contributed by atoms with Crippen LogP contribution in [-0.4, -0.2) is 29.5 Å². The van der Waals surface area contributed by atoms with Crippen LogP contribution in [0.2, 0.25) is 0 Å². The fourth-order valence-corrected chi connectivity index (χ4v) is 3.41. The third kappa shape index (κ3) is 3.27. The molecule has 1 aromatic carbocycles. The van der Waals surface area contributed by atoms with Gasteiger partial charge in [-0.15, -0.1) is 0 Å². The molecule has 2 atom stereocenters. The molecule has 0 aliphatic heterocycles. The Bertz CT molecular complexity index is 781. The van der Waals surface area contributed by atoms with E-state index in [0.29, 0.717) is 18.4 Å². The van der Waals surface area contributed by atoms with Crippen LogP contribution in [0, 0.1) is 6.92 Å². The van der Waals surface area contributed by atoms with Crippen LogP contribution in [-0.2, 0) is 20.7 Å². The second-order valence-corrected chi connectivity index (χ2v) is 6.29. The SMILES string of the molecule is CC(=O)OC(C)C(=O)NCCC1CCc2ccc3nc(C)oc3c21. The number of ether oxygens (including phenoxy) is 1. The highest BCUT2D eigenvalue weighted by Crippen LogP contribution is 2.40. The van der Waals surface area contributed by atoms with E-state index < -0.39 is 12.1 Å². The molecule has 0 saturated heterocycles. The Morgan fingerprint density at radius 3 is 3.00 bits per heavy atom. The number of nitrogens with one attached hydrogen (secondary N) is 1. The minimum absolute atomic E-state index is 0.267. The molecule has 1 N–H and O–H groups in total. The lowest BCUT2D eigenvalue weighted by Crippen LogP contribution is -2.36. The number of rotatable bonds is 5. The standard InChI is InChI=1S/C18H22N2O4/c1-10(23-12(3)21)18(22)19-9-8-14-5-4-13-6-7-15-17(16(13)14)24-11(2)20-15/h6-7,10,14H,4-5,8-9H2,1-3H3,(H,19,22). The van der Waals surface area contributed by atoms with Gasteiger partial charge in [-0.25, -0.2) is 4.98 Å². The first-order chi connectivity index (χ1) is 11.5. The van der Waals surface area contributed by atoms with E-state index in [9.17, 15) is 9.59 Å². The van der Waals surface area contributed by atoms with Crippen molar-refractivity contribution in [2.75, 3.05) is 6.54 Å². The first kappa shape index (κ1) is 16.5. The summed E-state index contributed by atoms with van der Waals surface area (Å²) in [6, 6.07) is 4.14. The van der Waals surface area contributed by atoms with Gasteiger partial charge in [0.25, 0.3) is 5.91 Å². The molecule has 1 amide bonds. The number of nitrogens with zero attached hydrogens (tertiary/aromatic N) is 1. The fourth-order valence-electron chi connectivity index (χ4n) is 3.41. The van der Waals surface area contributed by atoms with Crippen LogP contribution in [0.3, 0.4) is 0 Å². The third-order valence-corrected chi connectivity index (χ3v) is 4.47. The van der Waals surface area contributed by atoms with Crippen LogP contribution in [0.1, 0.15) is 49.6 Å². The summed E-state index contributed by atoms with van der Waals surface area (Å²) >= 11 is 0. The van der Waals surface area contributed by atoms with Gasteiger partial charge < -0.3 is 14.5 Å². The molecular weight excluding hydrogens is 308 g/mol. The Labute approximate surface area is 140 Å². The molecule has 0 spiro atoms. The van der Waals surface area contributed by atoms with Gasteiger partial charge >= 0.3 is 5.97 Å². The van der Waals surface area contributed by atoms with Gasteiger partial charge in [0.05, 0.1) is 0 Å². The van der Waals surface area contributed by atoms with Crippen molar-refractivity contribution in [2.45, 2.75) is 52.1 Å². The smallest absolute Gasteiger partial charge is 0.303 e. The molecule has 128 valence electrons. The molecule has 0 saturated carbocycles. The Balaban J connectivity index is 1.64. The van der Waals surface area contributed by atoms with E-state index in [-0.39, 0.29) is 5.91 Å². The molecule has 1 aliphatic carbocycles. The van der Waals surface area contributed by atoms with Gasteiger partial charge in [0.2, 0.25) is 0 Å². The Kier molecular flexibility index (Phi) is 4.55. The predicted molar refractivity (Wildman–Crippen MR) is 88.7 cm³/mol. The van der Waals surface area contributed by atoms with Gasteiger partial charge in [0, 0.05) is 26.0 Å². The molecule has 1 heterocycles. The van der Waals surface area contributed by atoms with Crippen molar-refractivity contribution >= 4 is 23.0 Å². The van der Waals surface area contributed by atoms with Gasteiger partial charge in [-0.2, -0.15) is 0 Å². The summed E-state index contributed by atoms with van der Waals surface area (Å²) < 4.78 is 10.7. The van der Waals surface area contributed by atoms with Crippen LogP contribution < -0.4 is 5.32 Å². The molecule has 24 heavy (non-hydrogen) atoms. The zero-order valence-corrected chi connectivity index (χ0v) is 14.2. The average Bonchev–Trinajstić information content (AvgIpc) is 3.08. The van der Waals surface area contributed by atoms with Crippen molar-refractivity contribution in [1.82, 2.24) is 10.3 Å². The molecule has 0 bridgehead atoms. The van der Waals surface area contributed by atoms with Crippen LogP contribution >= 0.6 is 0 Å². The summed E-state index contributed by atoms with van der Waals surface area (Å²) in [4.78, 5) is 27.2. The fraction of sp³-hybridized carbons (Fsp3) is 0.500. The molecule has 1 aromatic heterocycles. The number of carbonyl (C=O) groups excluding carboxylic acids is 2. The largest absolute Gasteiger partial charge is 0.453 e. The number of carbonyl (C=O) groups is 2. The van der Waals surface area contributed by atoms with E-state index in [0.717, 1.165) is 30.4 Å². The van der Waals surface area contributed by atoms with E-state index in [1.165, 1.54) is 18.1 Å². The first-order valence-corrected chi connectivity index (χ1v) is 8.29. The van der Waals surface area contributed by atoms with Crippen molar-refractivity contribution in [3.05, 3.63) is 29.2 Å². The minimum atomic E-state index is -0.762. The van der Waals surface area contributed by atoms with Crippen LogP contribution in [0.25, 0.3) is 11.1 Å². The number of benzene rings is 1. The van der Waals surface area contributed by atoms with E-state index in [2.05, 4.69) is 16.4 Å². The van der Waals surface area contributed by atoms with Gasteiger partial charge in [-0.05, 0) is 43.7 Å². The highest BCUT2D eigenvalue weighted by molar-refractivity contribution is 5.83. The summed E-state index contributed by atoms with van der Waals surface area (Å²) in [5.41, 5.74) is 4.32. The zero-order chi connectivity index (χ0) is 17.3. The van der Waals surface area contributed by atoms with E-state index >= 15 is 0 Å². The highest BCUT2D eigenvalue weighted by atomic mass is 16.5. The highest BCUT2D eigenvalue weighted by Gasteiger charge is 2.27. The summed E-state index contributed by atoms with van der Waals surface area (Å²) in [5, 5.41) is 2.84. The maximum absolute atomic E-state index is 11.9. The lowest BCUT2D eigenvalue weighted by Gasteiger charge is -2.15. The topological polar surface area (TPSA) is 81.4 Å². The molecule has 1 aliphatic rings. The number of hydrogen-bond acceptors (Lipinski definition) is 5. The van der Waals surface area contributed by atoms with Crippen molar-refractivity contribution in [3.63, 3.8) is 0 Å². The van der Waals surface area contributed by atoms with E-state index in [4.69, 9.17) is 9.15 Å². The normalized spacial score (nSPS) is 17.5. The first-order valence-electron chi connectivity index (χ1n) is 8.29. The minimum Gasteiger partial charge on any atom is -0.453 e. The van der Waals surface area contributed by atoms with E-state index in [1.807, 2.05) is 13.0 Å². The number of amides is 1. The van der Waals surface area contributed by atoms with Crippen LogP contribution in [0.15, 0.2) is 16.5 Å². The molecule has 0 radical (unpaired) electrons. The number of aromatic nitrogens is 1. The van der Waals surface area contributed by atoms with Gasteiger partial charge in [0.1, 0.15) is 5.52 Å². The van der Waals surface area contributed by atoms with Gasteiger partial charge in [0.15, 0.2) is 17.6 Å².